The Morgan fingerprint density at radius 2 is 0.809 bits per heavy atom. The standard InChI is InChI=1S/C82H79BN4OS/c1-78(2,3)50-30-37-57(38-31-50)85-66-47-59(84(55-24-18-16-19-25-55)56-26-20-17-21-27-56)48-67-73(66)83(77-75(63-46-54(82(13,14)15)36-43-71(63)89-77)86(67)58-39-32-51(33-40-58)79(4,5)6)74-68(85)49-69(76-72(74)60-28-22-23-29-70(60)88-76)87-64-41-34-52(80(7,8)9)44-61(64)62-45-53(81(10,11)12)35-42-65(62)87/h16-49H,1-15H3. The van der Waals surface area contributed by atoms with Crippen molar-refractivity contribution in [1.82, 2.24) is 4.57 Å². The Hall–Kier alpha value is -8.78. The number of rotatable bonds is 6. The van der Waals surface area contributed by atoms with E-state index in [-0.39, 0.29) is 33.8 Å². The van der Waals surface area contributed by atoms with Gasteiger partial charge in [0.05, 0.1) is 28.1 Å². The fourth-order valence-electron chi connectivity index (χ4n) is 14.2. The number of para-hydroxylation sites is 3. The minimum absolute atomic E-state index is 0.0351. The molecule has 0 atom stereocenters. The van der Waals surface area contributed by atoms with E-state index in [1.165, 1.54) is 70.1 Å². The number of thiophene rings is 1. The lowest BCUT2D eigenvalue weighted by molar-refractivity contribution is 0.590. The maximum absolute atomic E-state index is 7.58. The summed E-state index contributed by atoms with van der Waals surface area (Å²) in [5.74, 6) is 0. The Morgan fingerprint density at radius 3 is 1.33 bits per heavy atom. The number of furan rings is 1. The topological polar surface area (TPSA) is 27.8 Å². The van der Waals surface area contributed by atoms with Crippen molar-refractivity contribution in [1.29, 1.82) is 0 Å². The molecule has 0 spiro atoms. The molecule has 0 fully saturated rings. The highest BCUT2D eigenvalue weighted by Crippen LogP contribution is 2.54. The Labute approximate surface area is 529 Å². The molecule has 5 nitrogen and oxygen atoms in total. The Bertz CT molecular complexity index is 4860. The van der Waals surface area contributed by atoms with Crippen LogP contribution in [0.4, 0.5) is 51.2 Å². The van der Waals surface area contributed by atoms with Crippen LogP contribution in [0.25, 0.3) is 59.5 Å². The van der Waals surface area contributed by atoms with Crippen LogP contribution in [0.1, 0.15) is 132 Å². The zero-order valence-electron chi connectivity index (χ0n) is 54.3. The average molecular weight is 1180 g/mol. The van der Waals surface area contributed by atoms with Gasteiger partial charge in [-0.25, -0.2) is 0 Å². The maximum atomic E-state index is 7.58. The smallest absolute Gasteiger partial charge is 0.265 e. The van der Waals surface area contributed by atoms with Crippen molar-refractivity contribution in [2.75, 3.05) is 14.7 Å². The molecular formula is C82H79BN4OS. The number of fused-ring (bicyclic) bond motifs is 13. The van der Waals surface area contributed by atoms with E-state index < -0.39 is 0 Å². The van der Waals surface area contributed by atoms with Gasteiger partial charge in [0, 0.05) is 76.2 Å². The van der Waals surface area contributed by atoms with Gasteiger partial charge in [0.15, 0.2) is 5.58 Å². The summed E-state index contributed by atoms with van der Waals surface area (Å²) in [7, 11) is 0. The number of hydrogen-bond donors (Lipinski definition) is 0. The first-order chi connectivity index (χ1) is 42.3. The highest BCUT2D eigenvalue weighted by atomic mass is 32.1. The van der Waals surface area contributed by atoms with E-state index in [1.807, 2.05) is 11.3 Å². The summed E-state index contributed by atoms with van der Waals surface area (Å²) in [5.41, 5.74) is 23.9. The van der Waals surface area contributed by atoms with Crippen molar-refractivity contribution in [2.45, 2.75) is 131 Å². The fraction of sp³-hybridized carbons (Fsp3) is 0.244. The van der Waals surface area contributed by atoms with Gasteiger partial charge in [-0.05, 0) is 175 Å². The lowest BCUT2D eigenvalue weighted by Crippen LogP contribution is -2.60. The maximum Gasteiger partial charge on any atom is 0.265 e. The van der Waals surface area contributed by atoms with E-state index in [4.69, 9.17) is 4.42 Å². The third-order valence-electron chi connectivity index (χ3n) is 19.1. The molecule has 0 saturated heterocycles. The minimum Gasteiger partial charge on any atom is -0.454 e. The van der Waals surface area contributed by atoms with Gasteiger partial charge in [0.25, 0.3) is 6.71 Å². The SMILES string of the molecule is CC(C)(C)c1ccc(N2c3cc(N(c4ccccc4)c4ccccc4)cc4c3B(c3sc5ccc(C(C)(C)C)cc5c3N4c3ccc(C(C)(C)C)cc3)c3c2cc(-n2c4ccc(C(C)(C)C)cc4c4cc(C(C)(C)C)ccc42)c2oc4ccccc4c32)cc1. The number of benzene rings is 10. The van der Waals surface area contributed by atoms with Crippen molar-refractivity contribution in [3.8, 4) is 5.69 Å². The largest absolute Gasteiger partial charge is 0.454 e. The highest BCUT2D eigenvalue weighted by molar-refractivity contribution is 7.34. The van der Waals surface area contributed by atoms with E-state index in [9.17, 15) is 0 Å². The molecule has 2 aliphatic heterocycles. The number of aromatic nitrogens is 1. The molecule has 0 bridgehead atoms. The Kier molecular flexibility index (Phi) is 12.7. The van der Waals surface area contributed by atoms with Crippen LogP contribution in [0.15, 0.2) is 211 Å². The van der Waals surface area contributed by atoms with Crippen LogP contribution >= 0.6 is 11.3 Å². The molecular weight excluding hydrogens is 1100 g/mol. The van der Waals surface area contributed by atoms with Gasteiger partial charge < -0.3 is 23.7 Å². The average Bonchev–Trinajstić information content (AvgIpc) is 1.67. The summed E-state index contributed by atoms with van der Waals surface area (Å²) in [6, 6.07) is 78.7. The van der Waals surface area contributed by atoms with E-state index >= 15 is 0 Å². The second kappa shape index (κ2) is 19.9. The molecule has 15 rings (SSSR count). The lowest BCUT2D eigenvalue weighted by atomic mass is 9.35. The van der Waals surface area contributed by atoms with Crippen molar-refractivity contribution in [3.63, 3.8) is 0 Å². The van der Waals surface area contributed by atoms with Crippen LogP contribution in [0, 0.1) is 0 Å². The predicted molar refractivity (Wildman–Crippen MR) is 386 cm³/mol. The summed E-state index contributed by atoms with van der Waals surface area (Å²) in [6.45, 7) is 34.6. The summed E-state index contributed by atoms with van der Waals surface area (Å²) >= 11 is 1.96. The zero-order chi connectivity index (χ0) is 62.0. The van der Waals surface area contributed by atoms with Gasteiger partial charge >= 0.3 is 0 Å². The molecule has 10 aromatic carbocycles. The number of nitrogens with zero attached hydrogens (tertiary/aromatic N) is 4. The summed E-state index contributed by atoms with van der Waals surface area (Å²) in [5, 5.41) is 5.99. The first-order valence-electron chi connectivity index (χ1n) is 31.9. The fourth-order valence-corrected chi connectivity index (χ4v) is 15.5. The van der Waals surface area contributed by atoms with Gasteiger partial charge in [-0.1, -0.05) is 201 Å². The van der Waals surface area contributed by atoms with Crippen LogP contribution < -0.4 is 30.4 Å². The second-order valence-electron chi connectivity index (χ2n) is 30.3. The molecule has 0 radical (unpaired) electrons. The first kappa shape index (κ1) is 56.7. The monoisotopic (exact) mass is 1180 g/mol. The van der Waals surface area contributed by atoms with Crippen molar-refractivity contribution < 1.29 is 4.42 Å². The van der Waals surface area contributed by atoms with E-state index in [2.05, 4.69) is 329 Å². The third-order valence-corrected chi connectivity index (χ3v) is 20.3. The number of hydrogen-bond acceptors (Lipinski definition) is 5. The Morgan fingerprint density at radius 1 is 0.371 bits per heavy atom. The molecule has 2 aliphatic rings. The normalized spacial score (nSPS) is 13.7. The molecule has 0 unspecified atom stereocenters. The number of anilines is 9. The summed E-state index contributed by atoms with van der Waals surface area (Å²) in [6.07, 6.45) is 0. The van der Waals surface area contributed by atoms with Crippen LogP contribution in [0.3, 0.4) is 0 Å². The van der Waals surface area contributed by atoms with Gasteiger partial charge in [-0.2, -0.15) is 0 Å². The quantitative estimate of drug-likeness (QED) is 0.155. The summed E-state index contributed by atoms with van der Waals surface area (Å²) in [4.78, 5) is 7.72. The molecule has 0 saturated carbocycles. The molecule has 0 aliphatic carbocycles. The molecule has 0 amide bonds. The Balaban J connectivity index is 1.15. The van der Waals surface area contributed by atoms with Crippen molar-refractivity contribution >= 4 is 139 Å². The zero-order valence-corrected chi connectivity index (χ0v) is 55.1. The van der Waals surface area contributed by atoms with Crippen molar-refractivity contribution in [2.24, 2.45) is 0 Å². The molecule has 13 aromatic rings. The molecule has 442 valence electrons. The van der Waals surface area contributed by atoms with E-state index in [1.54, 1.807) is 0 Å². The van der Waals surface area contributed by atoms with Gasteiger partial charge in [-0.15, -0.1) is 11.3 Å². The van der Waals surface area contributed by atoms with Gasteiger partial charge in [0.2, 0.25) is 0 Å². The predicted octanol–water partition coefficient (Wildman–Crippen LogP) is 21.9. The van der Waals surface area contributed by atoms with E-state index in [0.29, 0.717) is 0 Å². The van der Waals surface area contributed by atoms with E-state index in [0.717, 1.165) is 84.2 Å². The van der Waals surface area contributed by atoms with Crippen LogP contribution in [0.5, 0.6) is 0 Å². The highest BCUT2D eigenvalue weighted by Gasteiger charge is 2.48. The molecule has 3 aromatic heterocycles. The van der Waals surface area contributed by atoms with Crippen LogP contribution in [-0.2, 0) is 27.1 Å². The molecule has 89 heavy (non-hydrogen) atoms. The first-order valence-corrected chi connectivity index (χ1v) is 32.7. The van der Waals surface area contributed by atoms with Gasteiger partial charge in [-0.3, -0.25) is 0 Å². The van der Waals surface area contributed by atoms with Crippen LogP contribution in [-0.4, -0.2) is 11.3 Å². The molecule has 7 heteroatoms. The lowest BCUT2D eigenvalue weighted by Gasteiger charge is -2.44. The molecule has 5 heterocycles. The second-order valence-corrected chi connectivity index (χ2v) is 31.4. The summed E-state index contributed by atoms with van der Waals surface area (Å²) < 4.78 is 12.7. The van der Waals surface area contributed by atoms with Crippen LogP contribution in [0.2, 0.25) is 0 Å². The van der Waals surface area contributed by atoms with Crippen molar-refractivity contribution in [3.05, 3.63) is 234 Å². The molecule has 0 N–H and O–H groups in total. The minimum atomic E-state index is -0.217. The van der Waals surface area contributed by atoms with Gasteiger partial charge in [0.1, 0.15) is 5.58 Å². The third kappa shape index (κ3) is 9.15.